The predicted octanol–water partition coefficient (Wildman–Crippen LogP) is 27.4. The molecule has 1 amide bonds. The Bertz CT molecular complexity index is 1350. The number of aliphatic hydroxyl groups excluding tert-OH is 2. The molecule has 0 fully saturated rings. The molecule has 0 aromatic rings. The Hall–Kier alpha value is -1.40. The van der Waals surface area contributed by atoms with Crippen LogP contribution in [-0.4, -0.2) is 47.4 Å². The third-order valence-electron chi connectivity index (χ3n) is 19.8. The summed E-state index contributed by atoms with van der Waals surface area (Å²) in [7, 11) is 0. The van der Waals surface area contributed by atoms with Gasteiger partial charge in [-0.15, -0.1) is 0 Å². The van der Waals surface area contributed by atoms with Crippen molar-refractivity contribution in [1.29, 1.82) is 0 Å². The standard InChI is InChI=1S/C83H163NO5/c1-3-5-7-9-11-13-15-17-19-21-22-38-41-44-47-51-55-59-63-67-71-75-81(86)80(79-85)84-82(87)76-72-68-64-60-56-52-48-45-42-39-36-34-32-30-28-26-24-23-25-27-29-31-33-35-37-40-43-46-50-54-58-62-66-70-74-78-89-83(88)77-73-69-65-61-57-53-49-20-18-16-14-12-10-8-6-4-2/h20,49,80-81,85-86H,3-19,21-48,50-79H2,1-2H3,(H,84,87)/b49-20-. The highest BCUT2D eigenvalue weighted by Crippen LogP contribution is 2.21. The fraction of sp³-hybridized carbons (Fsp3) is 0.952. The number of hydrogen-bond acceptors (Lipinski definition) is 5. The van der Waals surface area contributed by atoms with Gasteiger partial charge in [-0.3, -0.25) is 9.59 Å². The van der Waals surface area contributed by atoms with Crippen molar-refractivity contribution in [1.82, 2.24) is 5.32 Å². The van der Waals surface area contributed by atoms with Gasteiger partial charge in [0.1, 0.15) is 0 Å². The Balaban J connectivity index is 3.31. The van der Waals surface area contributed by atoms with Crippen LogP contribution < -0.4 is 5.32 Å². The number of hydrogen-bond donors (Lipinski definition) is 3. The molecular formula is C83H163NO5. The lowest BCUT2D eigenvalue weighted by molar-refractivity contribution is -0.143. The number of aliphatic hydroxyl groups is 2. The molecule has 0 aromatic carbocycles. The zero-order valence-electron chi connectivity index (χ0n) is 61.0. The van der Waals surface area contributed by atoms with E-state index in [1.807, 2.05) is 0 Å². The summed E-state index contributed by atoms with van der Waals surface area (Å²) in [5, 5.41) is 23.5. The van der Waals surface area contributed by atoms with Crippen LogP contribution in [0.1, 0.15) is 483 Å². The zero-order valence-corrected chi connectivity index (χ0v) is 61.0. The predicted molar refractivity (Wildman–Crippen MR) is 394 cm³/mol. The summed E-state index contributed by atoms with van der Waals surface area (Å²) in [6.07, 6.45) is 100. The smallest absolute Gasteiger partial charge is 0.305 e. The number of carbonyl (C=O) groups excluding carboxylic acids is 2. The number of amides is 1. The lowest BCUT2D eigenvalue weighted by Crippen LogP contribution is -2.45. The molecule has 0 aliphatic carbocycles. The number of rotatable bonds is 79. The van der Waals surface area contributed by atoms with Gasteiger partial charge in [0.05, 0.1) is 25.4 Å². The molecule has 0 saturated heterocycles. The van der Waals surface area contributed by atoms with Crippen LogP contribution in [0.15, 0.2) is 12.2 Å². The minimum Gasteiger partial charge on any atom is -0.466 e. The first-order valence-corrected chi connectivity index (χ1v) is 41.4. The topological polar surface area (TPSA) is 95.9 Å². The summed E-state index contributed by atoms with van der Waals surface area (Å²) in [4.78, 5) is 24.7. The monoisotopic (exact) mass is 1250 g/mol. The maximum atomic E-state index is 12.6. The molecule has 0 aliphatic rings. The maximum Gasteiger partial charge on any atom is 0.305 e. The fourth-order valence-electron chi connectivity index (χ4n) is 13.5. The highest BCUT2D eigenvalue weighted by molar-refractivity contribution is 5.76. The van der Waals surface area contributed by atoms with Gasteiger partial charge >= 0.3 is 5.97 Å². The van der Waals surface area contributed by atoms with Crippen LogP contribution >= 0.6 is 0 Å². The summed E-state index contributed by atoms with van der Waals surface area (Å²) >= 11 is 0. The van der Waals surface area contributed by atoms with Crippen molar-refractivity contribution in [3.8, 4) is 0 Å². The normalized spacial score (nSPS) is 12.4. The Labute approximate surface area is 559 Å². The van der Waals surface area contributed by atoms with Crippen LogP contribution in [0, 0.1) is 0 Å². The van der Waals surface area contributed by atoms with Gasteiger partial charge in [0.25, 0.3) is 0 Å². The lowest BCUT2D eigenvalue weighted by Gasteiger charge is -2.22. The molecular weight excluding hydrogens is 1090 g/mol. The van der Waals surface area contributed by atoms with Crippen molar-refractivity contribution in [2.24, 2.45) is 0 Å². The Morgan fingerprint density at radius 2 is 0.528 bits per heavy atom. The number of carbonyl (C=O) groups is 2. The minimum atomic E-state index is -0.661. The summed E-state index contributed by atoms with van der Waals surface area (Å²) in [6.45, 7) is 5.01. The molecule has 2 unspecified atom stereocenters. The molecule has 530 valence electrons. The molecule has 0 aromatic heterocycles. The first-order valence-electron chi connectivity index (χ1n) is 41.4. The average Bonchev–Trinajstić information content (AvgIpc) is 3.55. The van der Waals surface area contributed by atoms with Crippen molar-refractivity contribution in [2.45, 2.75) is 495 Å². The highest BCUT2D eigenvalue weighted by Gasteiger charge is 2.20. The molecule has 3 N–H and O–H groups in total. The lowest BCUT2D eigenvalue weighted by atomic mass is 10.0. The molecule has 0 saturated carbocycles. The molecule has 0 rings (SSSR count). The van der Waals surface area contributed by atoms with Gasteiger partial charge < -0.3 is 20.3 Å². The molecule has 6 nitrogen and oxygen atoms in total. The third-order valence-corrected chi connectivity index (χ3v) is 19.8. The first kappa shape index (κ1) is 87.6. The maximum absolute atomic E-state index is 12.6. The van der Waals surface area contributed by atoms with Crippen molar-refractivity contribution < 1.29 is 24.5 Å². The van der Waals surface area contributed by atoms with E-state index in [0.717, 1.165) is 44.9 Å². The summed E-state index contributed by atoms with van der Waals surface area (Å²) in [5.41, 5.74) is 0. The fourth-order valence-corrected chi connectivity index (χ4v) is 13.5. The van der Waals surface area contributed by atoms with Crippen molar-refractivity contribution >= 4 is 11.9 Å². The molecule has 0 radical (unpaired) electrons. The summed E-state index contributed by atoms with van der Waals surface area (Å²) in [6, 6.07) is -0.538. The minimum absolute atomic E-state index is 0.0165. The van der Waals surface area contributed by atoms with Crippen LogP contribution in [0.3, 0.4) is 0 Å². The number of unbranched alkanes of at least 4 members (excludes halogenated alkanes) is 66. The molecule has 0 bridgehead atoms. The molecule has 0 heterocycles. The largest absolute Gasteiger partial charge is 0.466 e. The molecule has 0 spiro atoms. The molecule has 6 heteroatoms. The van der Waals surface area contributed by atoms with E-state index in [2.05, 4.69) is 31.3 Å². The van der Waals surface area contributed by atoms with Gasteiger partial charge in [-0.1, -0.05) is 431 Å². The number of nitrogens with one attached hydrogen (secondary N) is 1. The Kier molecular flexibility index (Phi) is 77.8. The van der Waals surface area contributed by atoms with E-state index in [0.29, 0.717) is 25.9 Å². The van der Waals surface area contributed by atoms with Crippen molar-refractivity contribution in [3.63, 3.8) is 0 Å². The van der Waals surface area contributed by atoms with E-state index in [9.17, 15) is 19.8 Å². The van der Waals surface area contributed by atoms with E-state index in [-0.39, 0.29) is 18.5 Å². The number of allylic oxidation sites excluding steroid dienone is 2. The van der Waals surface area contributed by atoms with E-state index in [1.54, 1.807) is 0 Å². The second kappa shape index (κ2) is 79.0. The second-order valence-corrected chi connectivity index (χ2v) is 28.8. The van der Waals surface area contributed by atoms with Gasteiger partial charge in [-0.25, -0.2) is 0 Å². The van der Waals surface area contributed by atoms with E-state index < -0.39 is 12.1 Å². The van der Waals surface area contributed by atoms with Gasteiger partial charge in [0.2, 0.25) is 5.91 Å². The first-order chi connectivity index (χ1) is 44.0. The summed E-state index contributed by atoms with van der Waals surface area (Å²) in [5.74, 6) is -0.00725. The van der Waals surface area contributed by atoms with Gasteiger partial charge in [-0.05, 0) is 51.4 Å². The Morgan fingerprint density at radius 3 is 0.798 bits per heavy atom. The van der Waals surface area contributed by atoms with Crippen LogP contribution in [0.2, 0.25) is 0 Å². The van der Waals surface area contributed by atoms with E-state index in [1.165, 1.54) is 405 Å². The van der Waals surface area contributed by atoms with Gasteiger partial charge in [-0.2, -0.15) is 0 Å². The summed E-state index contributed by atoms with van der Waals surface area (Å²) < 4.78 is 5.51. The Morgan fingerprint density at radius 1 is 0.303 bits per heavy atom. The molecule has 0 aliphatic heterocycles. The highest BCUT2D eigenvalue weighted by atomic mass is 16.5. The van der Waals surface area contributed by atoms with Gasteiger partial charge in [0, 0.05) is 12.8 Å². The number of esters is 1. The van der Waals surface area contributed by atoms with Crippen LogP contribution in [0.4, 0.5) is 0 Å². The van der Waals surface area contributed by atoms with Crippen LogP contribution in [0.25, 0.3) is 0 Å². The second-order valence-electron chi connectivity index (χ2n) is 28.8. The zero-order chi connectivity index (χ0) is 64.2. The molecule has 89 heavy (non-hydrogen) atoms. The SMILES string of the molecule is CCCCCCCCC/C=C\CCCCCCCC(=O)OCCCCCCCCCCCCCCCCCCCCCCCCCCCCCCCCCCCCCC(=O)NC(CO)C(O)CCCCCCCCCCCCCCCCCCCCCCC. The van der Waals surface area contributed by atoms with Crippen LogP contribution in [-0.2, 0) is 14.3 Å². The molecule has 2 atom stereocenters. The third kappa shape index (κ3) is 75.5. The van der Waals surface area contributed by atoms with Crippen molar-refractivity contribution in [3.05, 3.63) is 12.2 Å². The van der Waals surface area contributed by atoms with E-state index in [4.69, 9.17) is 4.74 Å². The van der Waals surface area contributed by atoms with Gasteiger partial charge in [0.15, 0.2) is 0 Å². The van der Waals surface area contributed by atoms with Crippen molar-refractivity contribution in [2.75, 3.05) is 13.2 Å². The van der Waals surface area contributed by atoms with Crippen LogP contribution in [0.5, 0.6) is 0 Å². The number of ether oxygens (including phenoxy) is 1. The quantitative estimate of drug-likeness (QED) is 0.0320. The average molecular weight is 1260 g/mol. The van der Waals surface area contributed by atoms with E-state index >= 15 is 0 Å².